The average molecular weight is 229 g/mol. The summed E-state index contributed by atoms with van der Waals surface area (Å²) in [7, 11) is 1.38. The minimum Gasteiger partial charge on any atom is -0.368 e. The molecule has 1 aromatic rings. The summed E-state index contributed by atoms with van der Waals surface area (Å²) in [4.78, 5) is 11.8. The molecular weight excluding hydrogens is 216 g/mol. The van der Waals surface area contributed by atoms with E-state index in [1.54, 1.807) is 0 Å². The van der Waals surface area contributed by atoms with Crippen LogP contribution < -0.4 is 16.4 Å². The summed E-state index contributed by atoms with van der Waals surface area (Å²) in [6.07, 6.45) is 0. The lowest BCUT2D eigenvalue weighted by molar-refractivity contribution is -0.116. The molecule has 88 valence electrons. The van der Waals surface area contributed by atoms with E-state index in [1.165, 1.54) is 7.05 Å². The molecule has 0 unspecified atom stereocenters. The smallest absolute Gasteiger partial charge is 0.236 e. The second-order valence-corrected chi connectivity index (χ2v) is 3.43. The van der Waals surface area contributed by atoms with Gasteiger partial charge in [0.2, 0.25) is 5.91 Å². The fourth-order valence-corrected chi connectivity index (χ4v) is 1.41. The van der Waals surface area contributed by atoms with Gasteiger partial charge in [0.1, 0.15) is 17.3 Å². The zero-order valence-corrected chi connectivity index (χ0v) is 8.84. The zero-order valence-electron chi connectivity index (χ0n) is 8.84. The standard InChI is InChI=1S/C10H13F2N3O/c1-15(5-9(14)16)10-7(11)2-6(4-13)3-8(10)12/h2-3H,4-5,13H2,1H3,(H2,14,16). The van der Waals surface area contributed by atoms with Crippen LogP contribution in [0.25, 0.3) is 0 Å². The molecule has 0 aliphatic heterocycles. The molecule has 0 fully saturated rings. The van der Waals surface area contributed by atoms with Gasteiger partial charge in [-0.25, -0.2) is 8.78 Å². The van der Waals surface area contributed by atoms with Crippen LogP contribution in [-0.4, -0.2) is 19.5 Å². The predicted molar refractivity (Wildman–Crippen MR) is 56.7 cm³/mol. The first-order valence-corrected chi connectivity index (χ1v) is 4.63. The highest BCUT2D eigenvalue weighted by Gasteiger charge is 2.16. The van der Waals surface area contributed by atoms with Crippen molar-refractivity contribution in [1.82, 2.24) is 0 Å². The number of hydrogen-bond donors (Lipinski definition) is 2. The van der Waals surface area contributed by atoms with Crippen LogP contribution in [-0.2, 0) is 11.3 Å². The van der Waals surface area contributed by atoms with Crippen molar-refractivity contribution in [3.8, 4) is 0 Å². The topological polar surface area (TPSA) is 72.3 Å². The normalized spacial score (nSPS) is 10.2. The first-order chi connectivity index (χ1) is 7.45. The van der Waals surface area contributed by atoms with E-state index < -0.39 is 17.5 Å². The number of benzene rings is 1. The highest BCUT2D eigenvalue weighted by atomic mass is 19.1. The van der Waals surface area contributed by atoms with E-state index in [4.69, 9.17) is 11.5 Å². The fraction of sp³-hybridized carbons (Fsp3) is 0.300. The van der Waals surface area contributed by atoms with E-state index in [0.717, 1.165) is 17.0 Å². The van der Waals surface area contributed by atoms with Crippen LogP contribution in [0.4, 0.5) is 14.5 Å². The van der Waals surface area contributed by atoms with Gasteiger partial charge in [0, 0.05) is 13.6 Å². The summed E-state index contributed by atoms with van der Waals surface area (Å²) in [5, 5.41) is 0. The van der Waals surface area contributed by atoms with Gasteiger partial charge in [0.25, 0.3) is 0 Å². The molecule has 16 heavy (non-hydrogen) atoms. The molecule has 0 atom stereocenters. The number of carbonyl (C=O) groups excluding carboxylic acids is 1. The van der Waals surface area contributed by atoms with Gasteiger partial charge in [-0.15, -0.1) is 0 Å². The number of hydrogen-bond acceptors (Lipinski definition) is 3. The lowest BCUT2D eigenvalue weighted by Gasteiger charge is -2.19. The molecule has 1 aromatic carbocycles. The summed E-state index contributed by atoms with van der Waals surface area (Å²) in [6, 6.07) is 2.27. The van der Waals surface area contributed by atoms with Crippen LogP contribution in [0.5, 0.6) is 0 Å². The van der Waals surface area contributed by atoms with Crippen molar-refractivity contribution < 1.29 is 13.6 Å². The summed E-state index contributed by atoms with van der Waals surface area (Å²) >= 11 is 0. The van der Waals surface area contributed by atoms with Gasteiger partial charge in [-0.2, -0.15) is 0 Å². The molecular formula is C10H13F2N3O. The van der Waals surface area contributed by atoms with E-state index in [2.05, 4.69) is 0 Å². The van der Waals surface area contributed by atoms with Crippen molar-refractivity contribution in [3.63, 3.8) is 0 Å². The van der Waals surface area contributed by atoms with E-state index >= 15 is 0 Å². The number of nitrogens with zero attached hydrogens (tertiary/aromatic N) is 1. The third-order valence-corrected chi connectivity index (χ3v) is 2.09. The van der Waals surface area contributed by atoms with Crippen LogP contribution in [0.2, 0.25) is 0 Å². The number of halogens is 2. The lowest BCUT2D eigenvalue weighted by atomic mass is 10.1. The molecule has 0 aliphatic rings. The monoisotopic (exact) mass is 229 g/mol. The molecule has 4 N–H and O–H groups in total. The largest absolute Gasteiger partial charge is 0.368 e. The Kier molecular flexibility index (Phi) is 3.78. The Hall–Kier alpha value is -1.69. The van der Waals surface area contributed by atoms with Crippen LogP contribution >= 0.6 is 0 Å². The number of anilines is 1. The van der Waals surface area contributed by atoms with E-state index in [9.17, 15) is 13.6 Å². The maximum atomic E-state index is 13.5. The Balaban J connectivity index is 3.08. The third kappa shape index (κ3) is 2.66. The van der Waals surface area contributed by atoms with E-state index in [0.29, 0.717) is 5.56 Å². The minimum atomic E-state index is -0.760. The van der Waals surface area contributed by atoms with Gasteiger partial charge < -0.3 is 16.4 Å². The molecule has 4 nitrogen and oxygen atoms in total. The second-order valence-electron chi connectivity index (χ2n) is 3.43. The van der Waals surface area contributed by atoms with Gasteiger partial charge in [0.15, 0.2) is 0 Å². The summed E-state index contributed by atoms with van der Waals surface area (Å²) in [5.41, 5.74) is 10.3. The molecule has 0 aliphatic carbocycles. The molecule has 0 saturated heterocycles. The van der Waals surface area contributed by atoms with Crippen molar-refractivity contribution in [3.05, 3.63) is 29.3 Å². The molecule has 6 heteroatoms. The predicted octanol–water partition coefficient (Wildman–Crippen LogP) is 0.345. The number of rotatable bonds is 4. The highest BCUT2D eigenvalue weighted by molar-refractivity contribution is 5.79. The van der Waals surface area contributed by atoms with Crippen molar-refractivity contribution in [1.29, 1.82) is 0 Å². The number of amides is 1. The molecule has 1 amide bonds. The van der Waals surface area contributed by atoms with E-state index in [1.807, 2.05) is 0 Å². The first-order valence-electron chi connectivity index (χ1n) is 4.63. The average Bonchev–Trinajstić information content (AvgIpc) is 2.15. The number of carbonyl (C=O) groups is 1. The van der Waals surface area contributed by atoms with Crippen molar-refractivity contribution >= 4 is 11.6 Å². The number of nitrogens with two attached hydrogens (primary N) is 2. The van der Waals surface area contributed by atoms with Crippen LogP contribution in [0.15, 0.2) is 12.1 Å². The first kappa shape index (κ1) is 12.4. The Morgan fingerprint density at radius 2 is 1.88 bits per heavy atom. The fourth-order valence-electron chi connectivity index (χ4n) is 1.41. The molecule has 0 bridgehead atoms. The second kappa shape index (κ2) is 4.89. The molecule has 0 spiro atoms. The third-order valence-electron chi connectivity index (χ3n) is 2.09. The Morgan fingerprint density at radius 3 is 2.25 bits per heavy atom. The molecule has 0 radical (unpaired) electrons. The van der Waals surface area contributed by atoms with Gasteiger partial charge in [-0.3, -0.25) is 4.79 Å². The van der Waals surface area contributed by atoms with Gasteiger partial charge in [-0.05, 0) is 17.7 Å². The van der Waals surface area contributed by atoms with Crippen molar-refractivity contribution in [2.75, 3.05) is 18.5 Å². The Labute approximate surface area is 91.8 Å². The maximum Gasteiger partial charge on any atom is 0.236 e. The van der Waals surface area contributed by atoms with Gasteiger partial charge >= 0.3 is 0 Å². The molecule has 0 aromatic heterocycles. The zero-order chi connectivity index (χ0) is 12.3. The Morgan fingerprint density at radius 1 is 1.38 bits per heavy atom. The molecule has 1 rings (SSSR count). The molecule has 0 heterocycles. The number of primary amides is 1. The Bertz CT molecular complexity index is 386. The quantitative estimate of drug-likeness (QED) is 0.782. The van der Waals surface area contributed by atoms with Crippen molar-refractivity contribution in [2.45, 2.75) is 6.54 Å². The summed E-state index contributed by atoms with van der Waals surface area (Å²) < 4.78 is 27.0. The minimum absolute atomic E-state index is 0.0493. The van der Waals surface area contributed by atoms with Gasteiger partial charge in [0.05, 0.1) is 6.54 Å². The van der Waals surface area contributed by atoms with Crippen LogP contribution in [0.3, 0.4) is 0 Å². The summed E-state index contributed by atoms with van der Waals surface area (Å²) in [6.45, 7) is -0.205. The SMILES string of the molecule is CN(CC(N)=O)c1c(F)cc(CN)cc1F. The molecule has 0 saturated carbocycles. The van der Waals surface area contributed by atoms with Crippen LogP contribution in [0.1, 0.15) is 5.56 Å². The number of likely N-dealkylation sites (N-methyl/N-ethyl adjacent to an activating group) is 1. The maximum absolute atomic E-state index is 13.5. The lowest BCUT2D eigenvalue weighted by Crippen LogP contribution is -2.31. The van der Waals surface area contributed by atoms with Crippen molar-refractivity contribution in [2.24, 2.45) is 11.5 Å². The van der Waals surface area contributed by atoms with E-state index in [-0.39, 0.29) is 18.8 Å². The van der Waals surface area contributed by atoms with Crippen LogP contribution in [0, 0.1) is 11.6 Å². The summed E-state index contributed by atoms with van der Waals surface area (Å²) in [5.74, 6) is -2.18. The highest BCUT2D eigenvalue weighted by Crippen LogP contribution is 2.23. The van der Waals surface area contributed by atoms with Gasteiger partial charge in [-0.1, -0.05) is 0 Å².